The maximum Gasteiger partial charge on any atom is 0.241 e. The summed E-state index contributed by atoms with van der Waals surface area (Å²) < 4.78 is 1.65. The van der Waals surface area contributed by atoms with Gasteiger partial charge in [-0.15, -0.1) is 11.3 Å². The number of aromatic nitrogens is 6. The van der Waals surface area contributed by atoms with Crippen molar-refractivity contribution in [2.75, 3.05) is 5.32 Å². The molecule has 0 atom stereocenters. The summed E-state index contributed by atoms with van der Waals surface area (Å²) >= 11 is 7.43. The standard InChI is InChI=1S/C10H8ClN7S/c11-8-15-9(14-5-7-13-2-4-19-7)17-10(16-8)18-3-1-12-6-18/h1-4,6H,5H2,(H,14,15,16,17). The SMILES string of the molecule is Clc1nc(NCc2nccs2)nc(-n2ccnc2)n1. The minimum Gasteiger partial charge on any atom is -0.348 e. The van der Waals surface area contributed by atoms with E-state index in [0.717, 1.165) is 5.01 Å². The Morgan fingerprint density at radius 2 is 2.21 bits per heavy atom. The van der Waals surface area contributed by atoms with E-state index in [9.17, 15) is 0 Å². The molecule has 0 aliphatic heterocycles. The third kappa shape index (κ3) is 2.85. The molecule has 0 radical (unpaired) electrons. The molecule has 3 rings (SSSR count). The lowest BCUT2D eigenvalue weighted by Gasteiger charge is -2.05. The lowest BCUT2D eigenvalue weighted by molar-refractivity contribution is 0.887. The van der Waals surface area contributed by atoms with Gasteiger partial charge < -0.3 is 5.32 Å². The van der Waals surface area contributed by atoms with Crippen molar-refractivity contribution in [2.45, 2.75) is 6.54 Å². The highest BCUT2D eigenvalue weighted by molar-refractivity contribution is 7.09. The second kappa shape index (κ2) is 5.29. The average Bonchev–Trinajstić information content (AvgIpc) is 3.09. The maximum atomic E-state index is 5.88. The summed E-state index contributed by atoms with van der Waals surface area (Å²) in [4.78, 5) is 20.4. The largest absolute Gasteiger partial charge is 0.348 e. The second-order valence-electron chi connectivity index (χ2n) is 3.48. The highest BCUT2D eigenvalue weighted by Gasteiger charge is 2.06. The lowest BCUT2D eigenvalue weighted by Crippen LogP contribution is -2.08. The molecule has 0 bridgehead atoms. The number of hydrogen-bond acceptors (Lipinski definition) is 7. The molecule has 0 spiro atoms. The molecule has 3 aromatic heterocycles. The molecule has 0 fully saturated rings. The van der Waals surface area contributed by atoms with Gasteiger partial charge in [0.05, 0.1) is 6.54 Å². The summed E-state index contributed by atoms with van der Waals surface area (Å²) in [6.07, 6.45) is 6.71. The number of anilines is 1. The quantitative estimate of drug-likeness (QED) is 0.789. The first-order valence-corrected chi connectivity index (χ1v) is 6.59. The second-order valence-corrected chi connectivity index (χ2v) is 4.79. The minimum absolute atomic E-state index is 0.125. The van der Waals surface area contributed by atoms with Crippen LogP contribution < -0.4 is 5.32 Å². The van der Waals surface area contributed by atoms with Crippen LogP contribution in [0.25, 0.3) is 5.95 Å². The molecule has 7 nitrogen and oxygen atoms in total. The Kier molecular flexibility index (Phi) is 3.34. The molecule has 0 aliphatic carbocycles. The molecule has 0 aromatic carbocycles. The van der Waals surface area contributed by atoms with Crippen LogP contribution in [0, 0.1) is 0 Å². The molecule has 9 heteroatoms. The van der Waals surface area contributed by atoms with Gasteiger partial charge in [-0.25, -0.2) is 9.97 Å². The predicted molar refractivity (Wildman–Crippen MR) is 71.4 cm³/mol. The van der Waals surface area contributed by atoms with E-state index in [1.807, 2.05) is 5.38 Å². The molecule has 3 aromatic rings. The van der Waals surface area contributed by atoms with Crippen LogP contribution in [0.15, 0.2) is 30.3 Å². The summed E-state index contributed by atoms with van der Waals surface area (Å²) in [5.41, 5.74) is 0. The summed E-state index contributed by atoms with van der Waals surface area (Å²) in [5.74, 6) is 0.818. The Hall–Kier alpha value is -2.06. The van der Waals surface area contributed by atoms with Gasteiger partial charge in [-0.2, -0.15) is 15.0 Å². The molecule has 0 saturated heterocycles. The van der Waals surface area contributed by atoms with Gasteiger partial charge in [-0.05, 0) is 11.6 Å². The summed E-state index contributed by atoms with van der Waals surface area (Å²) in [6.45, 7) is 0.543. The normalized spacial score (nSPS) is 10.6. The van der Waals surface area contributed by atoms with Crippen LogP contribution >= 0.6 is 22.9 Å². The third-order valence-electron chi connectivity index (χ3n) is 2.21. The molecule has 0 saturated carbocycles. The van der Waals surface area contributed by atoms with Crippen molar-refractivity contribution >= 4 is 28.9 Å². The van der Waals surface area contributed by atoms with Crippen LogP contribution in [0.5, 0.6) is 0 Å². The maximum absolute atomic E-state index is 5.88. The zero-order valence-electron chi connectivity index (χ0n) is 9.56. The van der Waals surface area contributed by atoms with E-state index in [-0.39, 0.29) is 5.28 Å². The molecule has 0 aliphatic rings. The van der Waals surface area contributed by atoms with Crippen molar-refractivity contribution in [3.8, 4) is 5.95 Å². The number of nitrogens with one attached hydrogen (secondary N) is 1. The third-order valence-corrected chi connectivity index (χ3v) is 3.16. The van der Waals surface area contributed by atoms with E-state index in [0.29, 0.717) is 18.4 Å². The van der Waals surface area contributed by atoms with E-state index in [4.69, 9.17) is 11.6 Å². The first kappa shape index (κ1) is 12.0. The van der Waals surface area contributed by atoms with Crippen LogP contribution in [-0.2, 0) is 6.54 Å². The van der Waals surface area contributed by atoms with Crippen LogP contribution in [0.4, 0.5) is 5.95 Å². The van der Waals surface area contributed by atoms with Crippen molar-refractivity contribution in [3.63, 3.8) is 0 Å². The fourth-order valence-electron chi connectivity index (χ4n) is 1.41. The van der Waals surface area contributed by atoms with Gasteiger partial charge in [0, 0.05) is 24.0 Å². The van der Waals surface area contributed by atoms with Gasteiger partial charge in [0.1, 0.15) is 11.3 Å². The van der Waals surface area contributed by atoms with Crippen molar-refractivity contribution in [1.82, 2.24) is 29.5 Å². The number of halogens is 1. The Labute approximate surface area is 117 Å². The first-order valence-electron chi connectivity index (χ1n) is 5.33. The van der Waals surface area contributed by atoms with Crippen LogP contribution in [0.2, 0.25) is 5.28 Å². The van der Waals surface area contributed by atoms with Gasteiger partial charge in [0.25, 0.3) is 0 Å². The molecular weight excluding hydrogens is 286 g/mol. The smallest absolute Gasteiger partial charge is 0.241 e. The molecule has 1 N–H and O–H groups in total. The van der Waals surface area contributed by atoms with E-state index in [1.165, 1.54) is 0 Å². The van der Waals surface area contributed by atoms with Crippen molar-refractivity contribution in [1.29, 1.82) is 0 Å². The van der Waals surface area contributed by atoms with Crippen LogP contribution in [0.1, 0.15) is 5.01 Å². The topological polar surface area (TPSA) is 81.4 Å². The highest BCUT2D eigenvalue weighted by Crippen LogP contribution is 2.11. The first-order chi connectivity index (χ1) is 9.31. The summed E-state index contributed by atoms with van der Waals surface area (Å²) in [6, 6.07) is 0. The van der Waals surface area contributed by atoms with Crippen LogP contribution in [-0.4, -0.2) is 29.5 Å². The minimum atomic E-state index is 0.125. The van der Waals surface area contributed by atoms with E-state index < -0.39 is 0 Å². The Balaban J connectivity index is 1.82. The van der Waals surface area contributed by atoms with E-state index in [2.05, 4.69) is 30.2 Å². The van der Waals surface area contributed by atoms with Crippen molar-refractivity contribution in [3.05, 3.63) is 40.6 Å². The molecule has 96 valence electrons. The predicted octanol–water partition coefficient (Wildman–Crippen LogP) is 1.78. The van der Waals surface area contributed by atoms with Crippen molar-refractivity contribution < 1.29 is 0 Å². The van der Waals surface area contributed by atoms with E-state index in [1.54, 1.807) is 40.8 Å². The lowest BCUT2D eigenvalue weighted by atomic mass is 10.6. The molecular formula is C10H8ClN7S. The zero-order chi connectivity index (χ0) is 13.1. The molecule has 19 heavy (non-hydrogen) atoms. The molecule has 0 amide bonds. The number of nitrogens with zero attached hydrogens (tertiary/aromatic N) is 6. The average molecular weight is 294 g/mol. The summed E-state index contributed by atoms with van der Waals surface area (Å²) in [5, 5.41) is 6.04. The van der Waals surface area contributed by atoms with Gasteiger partial charge in [-0.3, -0.25) is 4.57 Å². The monoisotopic (exact) mass is 293 g/mol. The highest BCUT2D eigenvalue weighted by atomic mass is 35.5. The van der Waals surface area contributed by atoms with Crippen LogP contribution in [0.3, 0.4) is 0 Å². The Morgan fingerprint density at radius 3 is 2.95 bits per heavy atom. The number of hydrogen-bond donors (Lipinski definition) is 1. The molecule has 3 heterocycles. The summed E-state index contributed by atoms with van der Waals surface area (Å²) in [7, 11) is 0. The Morgan fingerprint density at radius 1 is 1.26 bits per heavy atom. The van der Waals surface area contributed by atoms with Gasteiger partial charge in [-0.1, -0.05) is 0 Å². The number of imidazole rings is 1. The fourth-order valence-corrected chi connectivity index (χ4v) is 2.12. The Bertz CT molecular complexity index is 653. The number of thiazole rings is 1. The fraction of sp³-hybridized carbons (Fsp3) is 0.100. The number of rotatable bonds is 4. The van der Waals surface area contributed by atoms with Gasteiger partial charge >= 0.3 is 0 Å². The van der Waals surface area contributed by atoms with Gasteiger partial charge in [0.15, 0.2) is 0 Å². The van der Waals surface area contributed by atoms with E-state index >= 15 is 0 Å². The molecule has 0 unspecified atom stereocenters. The van der Waals surface area contributed by atoms with Gasteiger partial charge in [0.2, 0.25) is 17.2 Å². The zero-order valence-corrected chi connectivity index (χ0v) is 11.1. The van der Waals surface area contributed by atoms with Crippen molar-refractivity contribution in [2.24, 2.45) is 0 Å².